The lowest BCUT2D eigenvalue weighted by molar-refractivity contribution is -0.141. The molecule has 0 radical (unpaired) electrons. The third-order valence-corrected chi connectivity index (χ3v) is 4.35. The van der Waals surface area contributed by atoms with Gasteiger partial charge in [-0.1, -0.05) is 6.07 Å². The number of ether oxygens (including phenoxy) is 1. The number of benzene rings is 1. The second-order valence-corrected chi connectivity index (χ2v) is 5.62. The number of rotatable bonds is 2. The van der Waals surface area contributed by atoms with Crippen molar-refractivity contribution >= 4 is 17.7 Å². The van der Waals surface area contributed by atoms with Crippen LogP contribution >= 0.6 is 0 Å². The normalized spacial score (nSPS) is 21.1. The number of imide groups is 1. The molecule has 0 N–H and O–H groups in total. The van der Waals surface area contributed by atoms with Gasteiger partial charge in [0.1, 0.15) is 11.7 Å². The lowest BCUT2D eigenvalue weighted by Crippen LogP contribution is -2.48. The van der Waals surface area contributed by atoms with Gasteiger partial charge in [0.05, 0.1) is 7.11 Å². The van der Waals surface area contributed by atoms with Gasteiger partial charge < -0.3 is 9.64 Å². The summed E-state index contributed by atoms with van der Waals surface area (Å²) in [7, 11) is 2.92. The SMILES string of the molecule is COc1ccc2c(c1)C(=O)N(C)C(=O)C2C(=O)N1CCCC1. The van der Waals surface area contributed by atoms with Crippen LogP contribution in [-0.2, 0) is 9.59 Å². The van der Waals surface area contributed by atoms with Crippen LogP contribution in [0.2, 0.25) is 0 Å². The second-order valence-electron chi connectivity index (χ2n) is 5.62. The molecule has 0 bridgehead atoms. The second kappa shape index (κ2) is 5.44. The van der Waals surface area contributed by atoms with Crippen molar-refractivity contribution in [3.05, 3.63) is 29.3 Å². The van der Waals surface area contributed by atoms with E-state index in [4.69, 9.17) is 4.74 Å². The summed E-state index contributed by atoms with van der Waals surface area (Å²) >= 11 is 0. The Morgan fingerprint density at radius 1 is 1.23 bits per heavy atom. The number of carbonyl (C=O) groups is 3. The first-order valence-corrected chi connectivity index (χ1v) is 7.33. The van der Waals surface area contributed by atoms with Crippen LogP contribution in [0.15, 0.2) is 18.2 Å². The first-order valence-electron chi connectivity index (χ1n) is 7.33. The van der Waals surface area contributed by atoms with Gasteiger partial charge in [-0.3, -0.25) is 19.3 Å². The maximum atomic E-state index is 12.7. The van der Waals surface area contributed by atoms with Gasteiger partial charge in [-0.15, -0.1) is 0 Å². The van der Waals surface area contributed by atoms with Crippen molar-refractivity contribution in [3.8, 4) is 5.75 Å². The number of fused-ring (bicyclic) bond motifs is 1. The molecule has 0 aromatic heterocycles. The molecule has 1 fully saturated rings. The lowest BCUT2D eigenvalue weighted by atomic mass is 9.87. The van der Waals surface area contributed by atoms with Gasteiger partial charge in [-0.2, -0.15) is 0 Å². The Kier molecular flexibility index (Phi) is 3.60. The highest BCUT2D eigenvalue weighted by Crippen LogP contribution is 2.33. The molecule has 1 aromatic rings. The zero-order chi connectivity index (χ0) is 15.9. The summed E-state index contributed by atoms with van der Waals surface area (Å²) in [4.78, 5) is 40.2. The van der Waals surface area contributed by atoms with Crippen LogP contribution in [0.3, 0.4) is 0 Å². The van der Waals surface area contributed by atoms with E-state index in [-0.39, 0.29) is 5.91 Å². The van der Waals surface area contributed by atoms with E-state index in [9.17, 15) is 14.4 Å². The standard InChI is InChI=1S/C16H18N2O4/c1-17-14(19)12-9-10(22-2)5-6-11(12)13(15(17)20)16(21)18-7-3-4-8-18/h5-6,9,13H,3-4,7-8H2,1-2H3. The Labute approximate surface area is 128 Å². The largest absolute Gasteiger partial charge is 0.497 e. The number of likely N-dealkylation sites (N-methyl/N-ethyl adjacent to an activating group) is 1. The summed E-state index contributed by atoms with van der Waals surface area (Å²) < 4.78 is 5.14. The summed E-state index contributed by atoms with van der Waals surface area (Å²) in [5.41, 5.74) is 0.838. The quantitative estimate of drug-likeness (QED) is 0.604. The van der Waals surface area contributed by atoms with Gasteiger partial charge >= 0.3 is 0 Å². The molecule has 3 amide bonds. The van der Waals surface area contributed by atoms with Crippen molar-refractivity contribution < 1.29 is 19.1 Å². The molecular weight excluding hydrogens is 284 g/mol. The minimum absolute atomic E-state index is 0.215. The molecule has 6 heteroatoms. The molecule has 0 spiro atoms. The highest BCUT2D eigenvalue weighted by molar-refractivity contribution is 6.18. The van der Waals surface area contributed by atoms with E-state index in [2.05, 4.69) is 0 Å². The zero-order valence-electron chi connectivity index (χ0n) is 12.7. The molecular formula is C16H18N2O4. The van der Waals surface area contributed by atoms with Crippen LogP contribution in [0.4, 0.5) is 0 Å². The summed E-state index contributed by atoms with van der Waals surface area (Å²) in [6.45, 7) is 1.34. The molecule has 0 aliphatic carbocycles. The average Bonchev–Trinajstić information content (AvgIpc) is 3.07. The molecule has 2 heterocycles. The van der Waals surface area contributed by atoms with Crippen LogP contribution in [-0.4, -0.2) is 54.8 Å². The summed E-state index contributed by atoms with van der Waals surface area (Å²) in [6.07, 6.45) is 1.91. The summed E-state index contributed by atoms with van der Waals surface area (Å²) in [5, 5.41) is 0. The van der Waals surface area contributed by atoms with Crippen molar-refractivity contribution in [2.45, 2.75) is 18.8 Å². The molecule has 1 unspecified atom stereocenters. The van der Waals surface area contributed by atoms with E-state index in [0.717, 1.165) is 17.7 Å². The number of nitrogens with zero attached hydrogens (tertiary/aromatic N) is 2. The van der Waals surface area contributed by atoms with Gasteiger partial charge in [-0.25, -0.2) is 0 Å². The Balaban J connectivity index is 2.06. The van der Waals surface area contributed by atoms with Crippen LogP contribution < -0.4 is 4.74 Å². The maximum Gasteiger partial charge on any atom is 0.260 e. The number of methoxy groups -OCH3 is 1. The van der Waals surface area contributed by atoms with E-state index in [0.29, 0.717) is 30.0 Å². The molecule has 3 rings (SSSR count). The number of likely N-dealkylation sites (tertiary alicyclic amines) is 1. The zero-order valence-corrected chi connectivity index (χ0v) is 12.7. The topological polar surface area (TPSA) is 66.9 Å². The van der Waals surface area contributed by atoms with Gasteiger partial charge in [-0.05, 0) is 30.5 Å². The smallest absolute Gasteiger partial charge is 0.260 e. The van der Waals surface area contributed by atoms with E-state index < -0.39 is 17.7 Å². The Morgan fingerprint density at radius 2 is 1.91 bits per heavy atom. The molecule has 2 aliphatic heterocycles. The highest BCUT2D eigenvalue weighted by atomic mass is 16.5. The van der Waals surface area contributed by atoms with E-state index in [1.807, 2.05) is 0 Å². The summed E-state index contributed by atoms with van der Waals surface area (Å²) in [6, 6.07) is 4.91. The van der Waals surface area contributed by atoms with E-state index in [1.54, 1.807) is 23.1 Å². The molecule has 1 saturated heterocycles. The Morgan fingerprint density at radius 3 is 2.55 bits per heavy atom. The van der Waals surface area contributed by atoms with Gasteiger partial charge in [0.15, 0.2) is 0 Å². The van der Waals surface area contributed by atoms with Crippen molar-refractivity contribution in [2.75, 3.05) is 27.2 Å². The van der Waals surface area contributed by atoms with Crippen LogP contribution in [0, 0.1) is 0 Å². The van der Waals surface area contributed by atoms with E-state index >= 15 is 0 Å². The average molecular weight is 302 g/mol. The first kappa shape index (κ1) is 14.6. The van der Waals surface area contributed by atoms with Gasteiger partial charge in [0.25, 0.3) is 5.91 Å². The molecule has 1 atom stereocenters. The van der Waals surface area contributed by atoms with Gasteiger partial charge in [0.2, 0.25) is 11.8 Å². The molecule has 1 aromatic carbocycles. The Bertz CT molecular complexity index is 650. The van der Waals surface area contributed by atoms with Crippen LogP contribution in [0.1, 0.15) is 34.7 Å². The van der Waals surface area contributed by atoms with Gasteiger partial charge in [0, 0.05) is 25.7 Å². The first-order chi connectivity index (χ1) is 10.5. The fourth-order valence-electron chi connectivity index (χ4n) is 3.07. The fraction of sp³-hybridized carbons (Fsp3) is 0.438. The molecule has 6 nitrogen and oxygen atoms in total. The molecule has 116 valence electrons. The number of amides is 3. The monoisotopic (exact) mass is 302 g/mol. The predicted octanol–water partition coefficient (Wildman–Crippen LogP) is 1.01. The maximum absolute atomic E-state index is 12.7. The van der Waals surface area contributed by atoms with E-state index in [1.165, 1.54) is 14.2 Å². The predicted molar refractivity (Wildman–Crippen MR) is 78.6 cm³/mol. The van der Waals surface area contributed by atoms with Crippen molar-refractivity contribution in [2.24, 2.45) is 0 Å². The minimum atomic E-state index is -0.929. The van der Waals surface area contributed by atoms with Crippen molar-refractivity contribution in [1.29, 1.82) is 0 Å². The highest BCUT2D eigenvalue weighted by Gasteiger charge is 2.43. The summed E-state index contributed by atoms with van der Waals surface area (Å²) in [5.74, 6) is -1.47. The number of hydrogen-bond acceptors (Lipinski definition) is 4. The Hall–Kier alpha value is -2.37. The minimum Gasteiger partial charge on any atom is -0.497 e. The molecule has 2 aliphatic rings. The third-order valence-electron chi connectivity index (χ3n) is 4.35. The van der Waals surface area contributed by atoms with Crippen molar-refractivity contribution in [3.63, 3.8) is 0 Å². The number of carbonyl (C=O) groups excluding carboxylic acids is 3. The third kappa shape index (κ3) is 2.15. The number of hydrogen-bond donors (Lipinski definition) is 0. The van der Waals surface area contributed by atoms with Crippen LogP contribution in [0.5, 0.6) is 5.75 Å². The van der Waals surface area contributed by atoms with Crippen LogP contribution in [0.25, 0.3) is 0 Å². The molecule has 0 saturated carbocycles. The van der Waals surface area contributed by atoms with Crippen molar-refractivity contribution in [1.82, 2.24) is 9.80 Å². The lowest BCUT2D eigenvalue weighted by Gasteiger charge is -2.31. The molecule has 22 heavy (non-hydrogen) atoms. The fourth-order valence-corrected chi connectivity index (χ4v) is 3.07.